The molecule has 2 bridgehead atoms. The monoisotopic (exact) mass is 300 g/mol. The van der Waals surface area contributed by atoms with E-state index in [1.165, 1.54) is 0 Å². The Morgan fingerprint density at radius 3 is 2.45 bits per heavy atom. The zero-order valence-corrected chi connectivity index (χ0v) is 14.2. The lowest BCUT2D eigenvalue weighted by molar-refractivity contribution is -0.169. The van der Waals surface area contributed by atoms with E-state index in [1.54, 1.807) is 0 Å². The van der Waals surface area contributed by atoms with Crippen LogP contribution in [0.3, 0.4) is 0 Å². The first kappa shape index (κ1) is 14.7. The van der Waals surface area contributed by atoms with Gasteiger partial charge in [0.25, 0.3) is 0 Å². The van der Waals surface area contributed by atoms with Crippen molar-refractivity contribution in [3.8, 4) is 0 Å². The third kappa shape index (κ3) is 1.47. The molecule has 120 valence electrons. The molecule has 0 aromatic carbocycles. The van der Waals surface area contributed by atoms with Gasteiger partial charge in [-0.25, -0.2) is 0 Å². The predicted octanol–water partition coefficient (Wildman–Crippen LogP) is 4.33. The second kappa shape index (κ2) is 4.13. The normalized spacial score (nSPS) is 49.8. The molecule has 4 rings (SSSR count). The second-order valence-electron chi connectivity index (χ2n) is 9.28. The van der Waals surface area contributed by atoms with Gasteiger partial charge in [0.05, 0.1) is 0 Å². The van der Waals surface area contributed by atoms with E-state index in [0.717, 1.165) is 44.1 Å². The van der Waals surface area contributed by atoms with Crippen molar-refractivity contribution in [1.29, 1.82) is 0 Å². The summed E-state index contributed by atoms with van der Waals surface area (Å²) in [7, 11) is 0. The van der Waals surface area contributed by atoms with Crippen LogP contribution >= 0.6 is 0 Å². The Kier molecular flexibility index (Phi) is 2.75. The van der Waals surface area contributed by atoms with Crippen LogP contribution in [0.1, 0.15) is 65.7 Å². The van der Waals surface area contributed by atoms with Crippen molar-refractivity contribution in [3.63, 3.8) is 0 Å². The summed E-state index contributed by atoms with van der Waals surface area (Å²) in [5.74, 6) is 2.17. The van der Waals surface area contributed by atoms with Gasteiger partial charge in [-0.05, 0) is 67.3 Å². The first-order chi connectivity index (χ1) is 10.2. The van der Waals surface area contributed by atoms with Gasteiger partial charge in [0.15, 0.2) is 5.78 Å². The average Bonchev–Trinajstić information content (AvgIpc) is 2.65. The third-order valence-electron chi connectivity index (χ3n) is 8.27. The van der Waals surface area contributed by atoms with Gasteiger partial charge in [-0.1, -0.05) is 27.4 Å². The largest absolute Gasteiger partial charge is 0.299 e. The lowest BCUT2D eigenvalue weighted by Crippen LogP contribution is -2.59. The van der Waals surface area contributed by atoms with E-state index in [1.807, 2.05) is 0 Å². The smallest absolute Gasteiger partial charge is 0.165 e. The Hall–Kier alpha value is -0.920. The zero-order valence-electron chi connectivity index (χ0n) is 14.2. The molecular formula is C20H28O2. The fourth-order valence-electron chi connectivity index (χ4n) is 7.14. The van der Waals surface area contributed by atoms with E-state index in [2.05, 4.69) is 27.4 Å². The zero-order chi connectivity index (χ0) is 15.9. The molecule has 0 radical (unpaired) electrons. The minimum atomic E-state index is -0.218. The molecule has 4 fully saturated rings. The molecule has 1 spiro atoms. The van der Waals surface area contributed by atoms with Crippen LogP contribution in [-0.2, 0) is 9.59 Å². The van der Waals surface area contributed by atoms with Crippen LogP contribution < -0.4 is 0 Å². The van der Waals surface area contributed by atoms with E-state index in [0.29, 0.717) is 35.7 Å². The van der Waals surface area contributed by atoms with Crippen LogP contribution in [0.2, 0.25) is 0 Å². The summed E-state index contributed by atoms with van der Waals surface area (Å²) in [5, 5.41) is 0. The molecule has 0 aromatic rings. The maximum absolute atomic E-state index is 13.0. The fourth-order valence-corrected chi connectivity index (χ4v) is 7.14. The van der Waals surface area contributed by atoms with Gasteiger partial charge >= 0.3 is 0 Å². The molecule has 0 saturated heterocycles. The van der Waals surface area contributed by atoms with E-state index in [9.17, 15) is 9.59 Å². The van der Waals surface area contributed by atoms with Crippen molar-refractivity contribution in [2.75, 3.05) is 0 Å². The van der Waals surface area contributed by atoms with Crippen molar-refractivity contribution < 1.29 is 9.59 Å². The van der Waals surface area contributed by atoms with Gasteiger partial charge < -0.3 is 0 Å². The molecule has 5 atom stereocenters. The Morgan fingerprint density at radius 1 is 1.00 bits per heavy atom. The van der Waals surface area contributed by atoms with Crippen LogP contribution in [0.4, 0.5) is 0 Å². The summed E-state index contributed by atoms with van der Waals surface area (Å²) >= 11 is 0. The maximum Gasteiger partial charge on any atom is 0.165 e. The summed E-state index contributed by atoms with van der Waals surface area (Å²) in [4.78, 5) is 25.5. The number of rotatable bonds is 0. The van der Waals surface area contributed by atoms with Crippen LogP contribution in [0.15, 0.2) is 12.2 Å². The third-order valence-corrected chi connectivity index (χ3v) is 8.27. The number of fused-ring (bicyclic) bond motifs is 3. The highest BCUT2D eigenvalue weighted by atomic mass is 16.1. The number of carbonyl (C=O) groups excluding carboxylic acids is 2. The number of carbonyl (C=O) groups is 2. The number of Topliss-reactive ketones (excluding diaryl/α,β-unsaturated/α-hetero) is 2. The molecule has 22 heavy (non-hydrogen) atoms. The molecule has 0 N–H and O–H groups in total. The Morgan fingerprint density at radius 2 is 1.73 bits per heavy atom. The van der Waals surface area contributed by atoms with Crippen LogP contribution in [-0.4, -0.2) is 11.6 Å². The van der Waals surface area contributed by atoms with Crippen molar-refractivity contribution in [3.05, 3.63) is 12.2 Å². The molecule has 4 aliphatic carbocycles. The summed E-state index contributed by atoms with van der Waals surface area (Å²) in [6.45, 7) is 10.8. The maximum atomic E-state index is 13.0. The van der Waals surface area contributed by atoms with Crippen molar-refractivity contribution in [1.82, 2.24) is 0 Å². The predicted molar refractivity (Wildman–Crippen MR) is 86.3 cm³/mol. The minimum Gasteiger partial charge on any atom is -0.299 e. The summed E-state index contributed by atoms with van der Waals surface area (Å²) < 4.78 is 0. The number of hydrogen-bond donors (Lipinski definition) is 0. The number of ketones is 2. The van der Waals surface area contributed by atoms with Crippen molar-refractivity contribution in [2.45, 2.75) is 65.7 Å². The van der Waals surface area contributed by atoms with Gasteiger partial charge in [-0.3, -0.25) is 9.59 Å². The molecule has 2 nitrogen and oxygen atoms in total. The molecule has 4 aliphatic rings. The fraction of sp³-hybridized carbons (Fsp3) is 0.800. The molecular weight excluding hydrogens is 272 g/mol. The van der Waals surface area contributed by atoms with Gasteiger partial charge in [-0.15, -0.1) is 0 Å². The highest BCUT2D eigenvalue weighted by Gasteiger charge is 2.67. The Bertz CT molecular complexity index is 587. The van der Waals surface area contributed by atoms with E-state index < -0.39 is 0 Å². The molecule has 0 aliphatic heterocycles. The van der Waals surface area contributed by atoms with E-state index >= 15 is 0 Å². The first-order valence-electron chi connectivity index (χ1n) is 9.00. The topological polar surface area (TPSA) is 34.1 Å². The summed E-state index contributed by atoms with van der Waals surface area (Å²) in [6, 6.07) is 0. The molecule has 4 saturated carbocycles. The second-order valence-corrected chi connectivity index (χ2v) is 9.28. The Labute approximate surface area is 133 Å². The lowest BCUT2D eigenvalue weighted by atomic mass is 9.41. The van der Waals surface area contributed by atoms with Gasteiger partial charge in [-0.2, -0.15) is 0 Å². The standard InChI is InChI=1S/C20H28O2/c1-12-13-5-6-15-19(4)9-8-16(21)18(2,3)14(19)7-10-20(15,11-13)17(12)22/h13-15H,1,5-11H2,2-4H3/t13-,14-,15-,19+,20+/m1/s1. The van der Waals surface area contributed by atoms with Gasteiger partial charge in [0, 0.05) is 17.3 Å². The quantitative estimate of drug-likeness (QED) is 0.624. The van der Waals surface area contributed by atoms with Gasteiger partial charge in [0.1, 0.15) is 5.78 Å². The van der Waals surface area contributed by atoms with Crippen LogP contribution in [0.25, 0.3) is 0 Å². The van der Waals surface area contributed by atoms with E-state index in [-0.39, 0.29) is 16.2 Å². The number of hydrogen-bond acceptors (Lipinski definition) is 2. The first-order valence-corrected chi connectivity index (χ1v) is 9.00. The summed E-state index contributed by atoms with van der Waals surface area (Å²) in [5.41, 5.74) is 0.725. The highest BCUT2D eigenvalue weighted by molar-refractivity contribution is 6.03. The SMILES string of the molecule is C=C1C(=O)[C@]23CC[C@@H]4C(C)(C)C(=O)CC[C@]4(C)[C@H]2CC[C@@H]1C3. The highest BCUT2D eigenvalue weighted by Crippen LogP contribution is 2.70. The summed E-state index contributed by atoms with van der Waals surface area (Å²) in [6.07, 6.45) is 7.05. The Balaban J connectivity index is 1.80. The molecule has 0 unspecified atom stereocenters. The number of allylic oxidation sites excluding steroid dienone is 1. The minimum absolute atomic E-state index is 0.123. The van der Waals surface area contributed by atoms with Crippen LogP contribution in [0.5, 0.6) is 0 Å². The van der Waals surface area contributed by atoms with Crippen molar-refractivity contribution in [2.24, 2.45) is 34.0 Å². The molecule has 0 heterocycles. The van der Waals surface area contributed by atoms with E-state index in [4.69, 9.17) is 0 Å². The van der Waals surface area contributed by atoms with Gasteiger partial charge in [0.2, 0.25) is 0 Å². The molecule has 0 aromatic heterocycles. The molecule has 2 heteroatoms. The van der Waals surface area contributed by atoms with Crippen LogP contribution in [0, 0.1) is 34.0 Å². The lowest BCUT2D eigenvalue weighted by Gasteiger charge is -2.62. The van der Waals surface area contributed by atoms with Crippen molar-refractivity contribution >= 4 is 11.6 Å². The average molecular weight is 300 g/mol. The molecule has 0 amide bonds.